The maximum absolute atomic E-state index is 12.4. The van der Waals surface area contributed by atoms with Crippen LogP contribution in [0.5, 0.6) is 0 Å². The molecule has 0 bridgehead atoms. The van der Waals surface area contributed by atoms with E-state index in [1.165, 1.54) is 75.8 Å². The van der Waals surface area contributed by atoms with Gasteiger partial charge in [-0.2, -0.15) is 0 Å². The van der Waals surface area contributed by atoms with E-state index in [4.69, 9.17) is 5.73 Å². The van der Waals surface area contributed by atoms with Crippen molar-refractivity contribution in [2.45, 2.75) is 107 Å². The van der Waals surface area contributed by atoms with Gasteiger partial charge in [0.25, 0.3) is 0 Å². The molecule has 3 aliphatic carbocycles. The van der Waals surface area contributed by atoms with Crippen molar-refractivity contribution in [3.05, 3.63) is 118 Å². The minimum absolute atomic E-state index is 0.280. The Kier molecular flexibility index (Phi) is 15.5. The summed E-state index contributed by atoms with van der Waals surface area (Å²) in [6.07, 6.45) is 7.87. The minimum atomic E-state index is -0.359. The van der Waals surface area contributed by atoms with Gasteiger partial charge >= 0.3 is 0 Å². The molecule has 0 heterocycles. The lowest BCUT2D eigenvalue weighted by Gasteiger charge is -2.52. The third kappa shape index (κ3) is 8.73. The molecule has 5 rings (SSSR count). The van der Waals surface area contributed by atoms with Gasteiger partial charge in [-0.3, -0.25) is 4.79 Å². The van der Waals surface area contributed by atoms with Gasteiger partial charge in [0.15, 0.2) is 0 Å². The molecule has 3 heteroatoms. The van der Waals surface area contributed by atoms with Gasteiger partial charge in [-0.15, -0.1) is 0 Å². The normalized spacial score (nSPS) is 20.6. The largest absolute Gasteiger partial charge is 0.366 e. The van der Waals surface area contributed by atoms with Crippen LogP contribution < -0.4 is 11.1 Å². The minimum Gasteiger partial charge on any atom is -0.366 e. The molecule has 0 aromatic heterocycles. The van der Waals surface area contributed by atoms with Gasteiger partial charge in [0, 0.05) is 11.0 Å². The van der Waals surface area contributed by atoms with Crippen molar-refractivity contribution >= 4 is 17.1 Å². The number of benzene rings is 2. The number of hydrogen-bond donors (Lipinski definition) is 2. The Morgan fingerprint density at radius 2 is 1.57 bits per heavy atom. The first-order chi connectivity index (χ1) is 23.2. The van der Waals surface area contributed by atoms with Crippen LogP contribution in [0.2, 0.25) is 0 Å². The number of allylic oxidation sites excluding steroid dienone is 6. The van der Waals surface area contributed by atoms with Crippen LogP contribution in [-0.2, 0) is 11.2 Å². The molecule has 2 aromatic rings. The molecular formula is C46H66N2O. The van der Waals surface area contributed by atoms with E-state index < -0.39 is 0 Å². The number of rotatable bonds is 7. The van der Waals surface area contributed by atoms with E-state index in [-0.39, 0.29) is 11.3 Å². The number of carbonyl (C=O) groups is 1. The molecule has 0 saturated heterocycles. The smallest absolute Gasteiger partial charge is 0.248 e. The fraction of sp³-hybridized carbons (Fsp3) is 0.457. The van der Waals surface area contributed by atoms with Crippen molar-refractivity contribution in [3.8, 4) is 11.1 Å². The third-order valence-corrected chi connectivity index (χ3v) is 10.6. The summed E-state index contributed by atoms with van der Waals surface area (Å²) >= 11 is 0. The number of carbonyl (C=O) groups excluding carboxylic acids is 1. The molecule has 3 N–H and O–H groups in total. The molecule has 1 unspecified atom stereocenters. The van der Waals surface area contributed by atoms with Gasteiger partial charge in [0.1, 0.15) is 0 Å². The summed E-state index contributed by atoms with van der Waals surface area (Å²) in [7, 11) is 3.75. The summed E-state index contributed by atoms with van der Waals surface area (Å²) in [6, 6.07) is 13.2. The number of fused-ring (bicyclic) bond motifs is 3. The van der Waals surface area contributed by atoms with Crippen LogP contribution in [-0.4, -0.2) is 20.0 Å². The molecule has 0 fully saturated rings. The SMILES string of the molecule is C=C(C)c1cccc(-c2ccc(C)c3c2CC2C[C@H]4CC(C)=C(C(N)=O)C(=C)[C@@]4(C)C(C)=C2C3=C)c1.C=C(CCC)CCC.CC.CNC. The third-order valence-electron chi connectivity index (χ3n) is 10.6. The Balaban J connectivity index is 0.000000552. The molecule has 49 heavy (non-hydrogen) atoms. The number of nitrogens with two attached hydrogens (primary N) is 1. The number of hydrogen-bond acceptors (Lipinski definition) is 2. The van der Waals surface area contributed by atoms with Gasteiger partial charge in [0.05, 0.1) is 0 Å². The molecule has 266 valence electrons. The highest BCUT2D eigenvalue weighted by Crippen LogP contribution is 2.61. The van der Waals surface area contributed by atoms with Gasteiger partial charge in [-0.05, 0) is 142 Å². The first-order valence-electron chi connectivity index (χ1n) is 18.4. The average molecular weight is 663 g/mol. The summed E-state index contributed by atoms with van der Waals surface area (Å²) in [6.45, 7) is 36.4. The first kappa shape index (κ1) is 41.5. The van der Waals surface area contributed by atoms with Crippen LogP contribution in [0.3, 0.4) is 0 Å². The van der Waals surface area contributed by atoms with Crippen LogP contribution in [0.25, 0.3) is 22.3 Å². The van der Waals surface area contributed by atoms with Crippen molar-refractivity contribution in [1.82, 2.24) is 5.32 Å². The quantitative estimate of drug-likeness (QED) is 0.290. The van der Waals surface area contributed by atoms with E-state index >= 15 is 0 Å². The highest BCUT2D eigenvalue weighted by atomic mass is 16.1. The predicted octanol–water partition coefficient (Wildman–Crippen LogP) is 12.0. The lowest BCUT2D eigenvalue weighted by atomic mass is 9.51. The molecule has 3 aliphatic rings. The molecule has 0 spiro atoms. The van der Waals surface area contributed by atoms with Crippen LogP contribution >= 0.6 is 0 Å². The number of amides is 1. The van der Waals surface area contributed by atoms with E-state index in [1.807, 2.05) is 34.9 Å². The van der Waals surface area contributed by atoms with E-state index in [9.17, 15) is 4.79 Å². The van der Waals surface area contributed by atoms with Crippen molar-refractivity contribution in [1.29, 1.82) is 0 Å². The molecule has 0 saturated carbocycles. The lowest BCUT2D eigenvalue weighted by Crippen LogP contribution is -2.43. The Bertz CT molecular complexity index is 1620. The van der Waals surface area contributed by atoms with Crippen LogP contribution in [0, 0.1) is 24.2 Å². The summed E-state index contributed by atoms with van der Waals surface area (Å²) in [5.74, 6) is 0.447. The van der Waals surface area contributed by atoms with E-state index in [0.717, 1.165) is 41.6 Å². The maximum atomic E-state index is 12.4. The van der Waals surface area contributed by atoms with Gasteiger partial charge in [-0.25, -0.2) is 0 Å². The Morgan fingerprint density at radius 1 is 0.980 bits per heavy atom. The van der Waals surface area contributed by atoms with Crippen molar-refractivity contribution in [2.24, 2.45) is 23.0 Å². The van der Waals surface area contributed by atoms with E-state index in [0.29, 0.717) is 17.4 Å². The van der Waals surface area contributed by atoms with Gasteiger partial charge < -0.3 is 11.1 Å². The Morgan fingerprint density at radius 3 is 2.10 bits per heavy atom. The highest BCUT2D eigenvalue weighted by Gasteiger charge is 2.50. The highest BCUT2D eigenvalue weighted by molar-refractivity contribution is 5.98. The summed E-state index contributed by atoms with van der Waals surface area (Å²) in [5, 5.41) is 2.75. The van der Waals surface area contributed by atoms with E-state index in [1.54, 1.807) is 0 Å². The van der Waals surface area contributed by atoms with E-state index in [2.05, 4.69) is 110 Å². The summed E-state index contributed by atoms with van der Waals surface area (Å²) < 4.78 is 0. The molecule has 3 atom stereocenters. The zero-order chi connectivity index (χ0) is 37.2. The zero-order valence-electron chi connectivity index (χ0n) is 32.9. The molecule has 2 aromatic carbocycles. The van der Waals surface area contributed by atoms with Crippen LogP contribution in [0.4, 0.5) is 0 Å². The average Bonchev–Trinajstić information content (AvgIpc) is 3.04. The zero-order valence-corrected chi connectivity index (χ0v) is 32.9. The standard InChI is InChI=1S/C34H37NO.C8H16.C2H7N.C2H6/c1-18(2)24-10-9-11-25(15-24)28-13-12-19(3)30-21(5)32-23(7)34(8)22(6)31(33(35)36)20(4)14-27(34)16-26(32)17-29(28)30;1-4-6-8(3)7-5-2;1-3-2;1-2/h9-13,15,26-27H,1,5-6,14,16-17H2,2-4,7-8H3,(H2,35,36);3-7H2,1-2H3;3H,1-2H3;1-2H3/t26?,27-,34+;;;/m1.../s1. The fourth-order valence-corrected chi connectivity index (χ4v) is 8.19. The van der Waals surface area contributed by atoms with Gasteiger partial charge in [-0.1, -0.05) is 126 Å². The monoisotopic (exact) mass is 663 g/mol. The van der Waals surface area contributed by atoms with Crippen molar-refractivity contribution in [2.75, 3.05) is 14.1 Å². The molecule has 1 amide bonds. The second kappa shape index (κ2) is 18.3. The van der Waals surface area contributed by atoms with Gasteiger partial charge in [0.2, 0.25) is 5.91 Å². The Labute approximate surface area is 300 Å². The Hall–Kier alpha value is -3.69. The fourth-order valence-electron chi connectivity index (χ4n) is 8.19. The second-order valence-electron chi connectivity index (χ2n) is 14.2. The molecule has 0 radical (unpaired) electrons. The van der Waals surface area contributed by atoms with Crippen molar-refractivity contribution < 1.29 is 4.79 Å². The molecule has 0 aliphatic heterocycles. The molecule has 3 nitrogen and oxygen atoms in total. The summed E-state index contributed by atoms with van der Waals surface area (Å²) in [4.78, 5) is 12.4. The lowest BCUT2D eigenvalue weighted by molar-refractivity contribution is -0.114. The topological polar surface area (TPSA) is 55.1 Å². The van der Waals surface area contributed by atoms with Crippen LogP contribution in [0.1, 0.15) is 116 Å². The number of nitrogens with one attached hydrogen (secondary N) is 1. The number of aryl methyl sites for hydroxylation is 1. The second-order valence-corrected chi connectivity index (χ2v) is 14.2. The van der Waals surface area contributed by atoms with Crippen LogP contribution in [0.15, 0.2) is 96.2 Å². The first-order valence-corrected chi connectivity index (χ1v) is 18.4. The van der Waals surface area contributed by atoms with Crippen molar-refractivity contribution in [3.63, 3.8) is 0 Å². The molecular weight excluding hydrogens is 597 g/mol. The number of primary amides is 1. The predicted molar refractivity (Wildman–Crippen MR) is 217 cm³/mol. The maximum Gasteiger partial charge on any atom is 0.248 e. The summed E-state index contributed by atoms with van der Waals surface area (Å²) in [5.41, 5.74) is 22.1.